The van der Waals surface area contributed by atoms with E-state index < -0.39 is 0 Å². The number of aromatic nitrogens is 2. The van der Waals surface area contributed by atoms with Crippen LogP contribution in [0.25, 0.3) is 10.9 Å². The van der Waals surface area contributed by atoms with Crippen LogP contribution in [0.2, 0.25) is 0 Å². The van der Waals surface area contributed by atoms with Crippen LogP contribution >= 0.6 is 0 Å². The first-order valence-corrected chi connectivity index (χ1v) is 11.2. The molecule has 1 aliphatic heterocycles. The topological polar surface area (TPSA) is 64.3 Å². The summed E-state index contributed by atoms with van der Waals surface area (Å²) in [6.45, 7) is 4.73. The summed E-state index contributed by atoms with van der Waals surface area (Å²) in [5.74, 6) is -0.626. The summed E-state index contributed by atoms with van der Waals surface area (Å²) in [5, 5.41) is 3.42. The highest BCUT2D eigenvalue weighted by Crippen LogP contribution is 2.28. The third-order valence-electron chi connectivity index (χ3n) is 6.19. The number of amides is 1. The van der Waals surface area contributed by atoms with Crippen LogP contribution in [0.1, 0.15) is 16.1 Å². The molecule has 3 heterocycles. The number of aromatic amines is 1. The second-order valence-electron chi connectivity index (χ2n) is 8.29. The number of pyridine rings is 1. The van der Waals surface area contributed by atoms with Gasteiger partial charge in [-0.1, -0.05) is 18.2 Å². The summed E-state index contributed by atoms with van der Waals surface area (Å²) < 4.78 is 14.0. The highest BCUT2D eigenvalue weighted by atomic mass is 19.1. The van der Waals surface area contributed by atoms with Crippen molar-refractivity contribution in [3.8, 4) is 0 Å². The monoisotopic (exact) mass is 443 g/mol. The number of nitrogens with one attached hydrogen (secondary N) is 2. The number of hydrogen-bond acceptors (Lipinski definition) is 4. The Bertz CT molecular complexity index is 1250. The molecule has 0 aliphatic carbocycles. The normalized spacial score (nSPS) is 14.5. The molecule has 1 amide bonds. The van der Waals surface area contributed by atoms with Gasteiger partial charge in [-0.05, 0) is 54.4 Å². The lowest BCUT2D eigenvalue weighted by Crippen LogP contribution is -2.47. The van der Waals surface area contributed by atoms with Crippen molar-refractivity contribution in [2.75, 3.05) is 42.9 Å². The number of hydrogen-bond donors (Lipinski definition) is 2. The van der Waals surface area contributed by atoms with Gasteiger partial charge in [0.05, 0.1) is 11.4 Å². The van der Waals surface area contributed by atoms with Crippen molar-refractivity contribution in [3.63, 3.8) is 0 Å². The number of nitrogens with zero attached hydrogens (tertiary/aromatic N) is 3. The Kier molecular flexibility index (Phi) is 6.04. The number of benzene rings is 2. The fourth-order valence-electron chi connectivity index (χ4n) is 4.33. The minimum absolute atomic E-state index is 0.283. The van der Waals surface area contributed by atoms with Crippen molar-refractivity contribution >= 4 is 28.2 Å². The van der Waals surface area contributed by atoms with Gasteiger partial charge in [-0.15, -0.1) is 0 Å². The zero-order valence-corrected chi connectivity index (χ0v) is 18.3. The number of halogens is 1. The van der Waals surface area contributed by atoms with Gasteiger partial charge in [-0.25, -0.2) is 4.39 Å². The molecule has 5 rings (SSSR count). The highest BCUT2D eigenvalue weighted by Gasteiger charge is 2.20. The maximum atomic E-state index is 14.0. The molecule has 1 aliphatic rings. The average molecular weight is 444 g/mol. The first kappa shape index (κ1) is 21.2. The van der Waals surface area contributed by atoms with E-state index in [0.717, 1.165) is 50.5 Å². The molecule has 33 heavy (non-hydrogen) atoms. The molecule has 0 spiro atoms. The summed E-state index contributed by atoms with van der Waals surface area (Å²) in [6.07, 6.45) is 4.69. The van der Waals surface area contributed by atoms with E-state index in [0.29, 0.717) is 16.6 Å². The number of para-hydroxylation sites is 2. The van der Waals surface area contributed by atoms with E-state index >= 15 is 0 Å². The van der Waals surface area contributed by atoms with Crippen molar-refractivity contribution in [1.82, 2.24) is 14.9 Å². The number of carbonyl (C=O) groups is 1. The third-order valence-corrected chi connectivity index (χ3v) is 6.19. The van der Waals surface area contributed by atoms with E-state index in [9.17, 15) is 9.18 Å². The van der Waals surface area contributed by atoms with Gasteiger partial charge in [-0.3, -0.25) is 14.7 Å². The van der Waals surface area contributed by atoms with Gasteiger partial charge in [0.25, 0.3) is 5.91 Å². The summed E-state index contributed by atoms with van der Waals surface area (Å²) in [4.78, 5) is 24.8. The Hall–Kier alpha value is -3.71. The van der Waals surface area contributed by atoms with Gasteiger partial charge in [-0.2, -0.15) is 0 Å². The quantitative estimate of drug-likeness (QED) is 0.466. The van der Waals surface area contributed by atoms with Gasteiger partial charge in [0, 0.05) is 56.0 Å². The molecule has 0 atom stereocenters. The second kappa shape index (κ2) is 9.42. The predicted octanol–water partition coefficient (Wildman–Crippen LogP) is 4.32. The first-order valence-electron chi connectivity index (χ1n) is 11.2. The summed E-state index contributed by atoms with van der Waals surface area (Å²) in [6, 6.07) is 18.3. The molecule has 168 valence electrons. The molecule has 6 nitrogen and oxygen atoms in total. The number of anilines is 2. The smallest absolute Gasteiger partial charge is 0.272 e. The van der Waals surface area contributed by atoms with Gasteiger partial charge < -0.3 is 15.2 Å². The minimum atomic E-state index is -0.343. The predicted molar refractivity (Wildman–Crippen MR) is 129 cm³/mol. The van der Waals surface area contributed by atoms with Gasteiger partial charge in [0.2, 0.25) is 0 Å². The number of H-pyrrole nitrogens is 1. The van der Waals surface area contributed by atoms with Gasteiger partial charge in [0.15, 0.2) is 0 Å². The Labute approximate surface area is 192 Å². The minimum Gasteiger partial charge on any atom is -0.367 e. The van der Waals surface area contributed by atoms with Crippen LogP contribution in [0.3, 0.4) is 0 Å². The lowest BCUT2D eigenvalue weighted by atomic mass is 10.1. The van der Waals surface area contributed by atoms with E-state index in [4.69, 9.17) is 0 Å². The second-order valence-corrected chi connectivity index (χ2v) is 8.29. The summed E-state index contributed by atoms with van der Waals surface area (Å²) in [5.41, 5.74) is 4.01. The van der Waals surface area contributed by atoms with E-state index in [1.165, 1.54) is 11.6 Å². The van der Waals surface area contributed by atoms with Gasteiger partial charge in [0.1, 0.15) is 11.5 Å². The third kappa shape index (κ3) is 4.73. The van der Waals surface area contributed by atoms with Crippen molar-refractivity contribution in [1.29, 1.82) is 0 Å². The lowest BCUT2D eigenvalue weighted by Gasteiger charge is -2.37. The summed E-state index contributed by atoms with van der Waals surface area (Å²) in [7, 11) is 0. The fraction of sp³-hybridized carbons (Fsp3) is 0.231. The molecule has 2 aromatic heterocycles. The Morgan fingerprint density at radius 1 is 1.00 bits per heavy atom. The van der Waals surface area contributed by atoms with Gasteiger partial charge >= 0.3 is 0 Å². The lowest BCUT2D eigenvalue weighted by molar-refractivity contribution is 0.102. The maximum Gasteiger partial charge on any atom is 0.272 e. The Morgan fingerprint density at radius 2 is 1.79 bits per heavy atom. The molecule has 7 heteroatoms. The molecule has 1 saturated heterocycles. The number of piperazine rings is 1. The highest BCUT2D eigenvalue weighted by molar-refractivity contribution is 6.07. The molecule has 0 saturated carbocycles. The average Bonchev–Trinajstić information content (AvgIpc) is 3.30. The molecular weight excluding hydrogens is 417 g/mol. The number of carbonyl (C=O) groups excluding carboxylic acids is 1. The van der Waals surface area contributed by atoms with Crippen LogP contribution in [0.15, 0.2) is 73.1 Å². The maximum absolute atomic E-state index is 14.0. The van der Waals surface area contributed by atoms with E-state index in [2.05, 4.69) is 37.2 Å². The summed E-state index contributed by atoms with van der Waals surface area (Å²) >= 11 is 0. The molecule has 1 fully saturated rings. The first-order chi connectivity index (χ1) is 16.2. The zero-order valence-electron chi connectivity index (χ0n) is 18.3. The van der Waals surface area contributed by atoms with Crippen LogP contribution in [0.4, 0.5) is 15.8 Å². The molecule has 2 aromatic carbocycles. The Balaban J connectivity index is 1.23. The zero-order chi connectivity index (χ0) is 22.6. The van der Waals surface area contributed by atoms with Crippen LogP contribution in [-0.2, 0) is 6.42 Å². The molecule has 2 N–H and O–H groups in total. The Morgan fingerprint density at radius 3 is 2.58 bits per heavy atom. The van der Waals surface area contributed by atoms with E-state index in [1.54, 1.807) is 18.2 Å². The fourth-order valence-corrected chi connectivity index (χ4v) is 4.33. The molecule has 0 bridgehead atoms. The molecule has 0 unspecified atom stereocenters. The van der Waals surface area contributed by atoms with Crippen molar-refractivity contribution in [2.45, 2.75) is 6.42 Å². The molecule has 0 radical (unpaired) electrons. The number of rotatable bonds is 6. The van der Waals surface area contributed by atoms with Crippen LogP contribution < -0.4 is 10.2 Å². The largest absolute Gasteiger partial charge is 0.367 e. The van der Waals surface area contributed by atoms with Crippen molar-refractivity contribution in [2.24, 2.45) is 0 Å². The van der Waals surface area contributed by atoms with Crippen LogP contribution in [0.5, 0.6) is 0 Å². The van der Waals surface area contributed by atoms with Crippen LogP contribution in [-0.4, -0.2) is 53.5 Å². The van der Waals surface area contributed by atoms with E-state index in [-0.39, 0.29) is 11.7 Å². The van der Waals surface area contributed by atoms with Crippen LogP contribution in [0, 0.1) is 5.82 Å². The SMILES string of the molecule is O=C(Nc1ccccc1N1CCN(CCc2ccncc2)CC1)c1cc2c(F)cccc2[nH]1. The number of fused-ring (bicyclic) bond motifs is 1. The standard InChI is InChI=1S/C26H26FN5O/c27-21-4-3-6-22-20(21)18-24(29-22)26(33)30-23-5-1-2-7-25(23)32-16-14-31(15-17-32)13-10-19-8-11-28-12-9-19/h1-9,11-12,18,29H,10,13-17H2,(H,30,33). The molecular formula is C26H26FN5O. The van der Waals surface area contributed by atoms with E-state index in [1.807, 2.05) is 36.7 Å². The van der Waals surface area contributed by atoms with Crippen molar-refractivity contribution < 1.29 is 9.18 Å². The molecule has 4 aromatic rings. The van der Waals surface area contributed by atoms with Crippen molar-refractivity contribution in [3.05, 3.63) is 90.1 Å².